The van der Waals surface area contributed by atoms with Crippen molar-refractivity contribution in [2.45, 2.75) is 18.9 Å². The van der Waals surface area contributed by atoms with Gasteiger partial charge >= 0.3 is 0 Å². The number of nitrogens with zero attached hydrogens (tertiary/aromatic N) is 1. The second-order valence-corrected chi connectivity index (χ2v) is 6.22. The van der Waals surface area contributed by atoms with E-state index >= 15 is 0 Å². The van der Waals surface area contributed by atoms with Crippen LogP contribution in [-0.4, -0.2) is 42.4 Å². The summed E-state index contributed by atoms with van der Waals surface area (Å²) in [5.74, 6) is -0.0817. The molecule has 21 heavy (non-hydrogen) atoms. The number of rotatable bonds is 8. The Balaban J connectivity index is 1.75. The number of nitrogens with one attached hydrogen (secondary N) is 1. The topological polar surface area (TPSA) is 71.5 Å². The molecule has 0 spiro atoms. The third-order valence-electron chi connectivity index (χ3n) is 2.82. The third kappa shape index (κ3) is 5.20. The van der Waals surface area contributed by atoms with Crippen molar-refractivity contribution < 1.29 is 14.6 Å². The fourth-order valence-electron chi connectivity index (χ4n) is 1.79. The first-order chi connectivity index (χ1) is 10.2. The molecule has 0 fully saturated rings. The molecule has 0 aliphatic carbocycles. The van der Waals surface area contributed by atoms with Gasteiger partial charge < -0.3 is 15.2 Å². The van der Waals surface area contributed by atoms with E-state index < -0.39 is 6.10 Å². The van der Waals surface area contributed by atoms with Crippen LogP contribution in [0.1, 0.15) is 12.1 Å². The predicted molar refractivity (Wildman–Crippen MR) is 84.6 cm³/mol. The van der Waals surface area contributed by atoms with Gasteiger partial charge in [-0.15, -0.1) is 11.3 Å². The third-order valence-corrected chi connectivity index (χ3v) is 4.44. The van der Waals surface area contributed by atoms with Crippen molar-refractivity contribution in [3.63, 3.8) is 0 Å². The van der Waals surface area contributed by atoms with E-state index in [1.54, 1.807) is 22.7 Å². The van der Waals surface area contributed by atoms with Gasteiger partial charge in [0.25, 0.3) is 0 Å². The number of aliphatic hydroxyl groups is 1. The van der Waals surface area contributed by atoms with Crippen LogP contribution < -0.4 is 5.32 Å². The Morgan fingerprint density at radius 2 is 2.38 bits per heavy atom. The molecule has 114 valence electrons. The number of amides is 1. The molecule has 2 N–H and O–H groups in total. The van der Waals surface area contributed by atoms with E-state index in [2.05, 4.69) is 10.3 Å². The number of hydrogen-bond acceptors (Lipinski definition) is 6. The monoisotopic (exact) mass is 326 g/mol. The average molecular weight is 326 g/mol. The number of ether oxygens (including phenoxy) is 1. The highest BCUT2D eigenvalue weighted by atomic mass is 32.1. The molecule has 0 aliphatic heterocycles. The molecular weight excluding hydrogens is 308 g/mol. The molecule has 1 amide bonds. The van der Waals surface area contributed by atoms with Gasteiger partial charge in [-0.05, 0) is 17.9 Å². The summed E-state index contributed by atoms with van der Waals surface area (Å²) in [5.41, 5.74) is 1.87. The van der Waals surface area contributed by atoms with Crippen LogP contribution in [-0.2, 0) is 16.0 Å². The minimum absolute atomic E-state index is 0.0817. The first kappa shape index (κ1) is 16.1. The number of aliphatic hydroxyl groups excluding tert-OH is 1. The van der Waals surface area contributed by atoms with Crippen molar-refractivity contribution in [2.24, 2.45) is 0 Å². The quantitative estimate of drug-likeness (QED) is 0.777. The number of thiazole rings is 1. The molecule has 0 saturated heterocycles. The van der Waals surface area contributed by atoms with Crippen molar-refractivity contribution >= 4 is 28.6 Å². The van der Waals surface area contributed by atoms with Gasteiger partial charge in [0, 0.05) is 30.0 Å². The highest BCUT2D eigenvalue weighted by Gasteiger charge is 2.10. The molecule has 2 aromatic rings. The molecule has 5 nitrogen and oxygen atoms in total. The van der Waals surface area contributed by atoms with Gasteiger partial charge in [0.2, 0.25) is 5.91 Å². The molecule has 2 aromatic heterocycles. The second kappa shape index (κ2) is 8.23. The first-order valence-electron chi connectivity index (χ1n) is 6.59. The summed E-state index contributed by atoms with van der Waals surface area (Å²) in [7, 11) is 1.54. The Kier molecular flexibility index (Phi) is 6.31. The lowest BCUT2D eigenvalue weighted by atomic mass is 10.2. The number of aromatic nitrogens is 1. The first-order valence-corrected chi connectivity index (χ1v) is 8.42. The second-order valence-electron chi connectivity index (χ2n) is 4.58. The summed E-state index contributed by atoms with van der Waals surface area (Å²) in [6.07, 6.45) is 0.206. The molecule has 0 saturated carbocycles. The van der Waals surface area contributed by atoms with Crippen molar-refractivity contribution in [1.82, 2.24) is 10.3 Å². The Morgan fingerprint density at radius 1 is 1.52 bits per heavy atom. The highest BCUT2D eigenvalue weighted by Crippen LogP contribution is 2.25. The predicted octanol–water partition coefficient (Wildman–Crippen LogP) is 1.93. The van der Waals surface area contributed by atoms with Crippen LogP contribution in [0, 0.1) is 0 Å². The van der Waals surface area contributed by atoms with Crippen LogP contribution in [0.3, 0.4) is 0 Å². The summed E-state index contributed by atoms with van der Waals surface area (Å²) in [5, 5.41) is 19.1. The maximum atomic E-state index is 11.8. The van der Waals surface area contributed by atoms with E-state index in [-0.39, 0.29) is 18.9 Å². The average Bonchev–Trinajstić information content (AvgIpc) is 3.09. The van der Waals surface area contributed by atoms with Gasteiger partial charge in [0.15, 0.2) is 0 Å². The van der Waals surface area contributed by atoms with Crippen LogP contribution in [0.4, 0.5) is 0 Å². The molecule has 0 aliphatic rings. The fourth-order valence-corrected chi connectivity index (χ4v) is 3.32. The number of carbonyl (C=O) groups excluding carboxylic acids is 1. The largest absolute Gasteiger partial charge is 0.391 e. The molecule has 0 radical (unpaired) electrons. The van der Waals surface area contributed by atoms with Crippen LogP contribution >= 0.6 is 22.7 Å². The van der Waals surface area contributed by atoms with E-state index in [0.29, 0.717) is 13.0 Å². The summed E-state index contributed by atoms with van der Waals surface area (Å²) in [4.78, 5) is 16.3. The van der Waals surface area contributed by atoms with Gasteiger partial charge in [-0.2, -0.15) is 11.3 Å². The van der Waals surface area contributed by atoms with Crippen molar-refractivity contribution in [1.29, 1.82) is 0 Å². The molecule has 7 heteroatoms. The maximum Gasteiger partial charge on any atom is 0.226 e. The number of thiophene rings is 1. The van der Waals surface area contributed by atoms with Crippen LogP contribution in [0.15, 0.2) is 22.2 Å². The van der Waals surface area contributed by atoms with Crippen LogP contribution in [0.25, 0.3) is 10.6 Å². The summed E-state index contributed by atoms with van der Waals surface area (Å²) < 4.78 is 4.82. The molecule has 1 atom stereocenters. The molecule has 1 unspecified atom stereocenters. The van der Waals surface area contributed by atoms with E-state index in [9.17, 15) is 9.90 Å². The standard InChI is InChI=1S/C14H18N2O3S2/c1-19-7-12(17)2-4-15-13(18)6-11-9-21-14(16-11)10-3-5-20-8-10/h3,5,8-9,12,17H,2,4,6-7H2,1H3,(H,15,18). The van der Waals surface area contributed by atoms with Gasteiger partial charge in [-0.3, -0.25) is 4.79 Å². The Hall–Kier alpha value is -1.28. The van der Waals surface area contributed by atoms with Crippen molar-refractivity contribution in [3.05, 3.63) is 27.9 Å². The lowest BCUT2D eigenvalue weighted by Crippen LogP contribution is -2.29. The summed E-state index contributed by atoms with van der Waals surface area (Å²) in [6.45, 7) is 0.719. The zero-order valence-corrected chi connectivity index (χ0v) is 13.4. The van der Waals surface area contributed by atoms with E-state index in [1.807, 2.05) is 22.2 Å². The van der Waals surface area contributed by atoms with Gasteiger partial charge in [0.05, 0.1) is 24.8 Å². The van der Waals surface area contributed by atoms with E-state index in [1.165, 1.54) is 7.11 Å². The van der Waals surface area contributed by atoms with Crippen molar-refractivity contribution in [3.8, 4) is 10.6 Å². The van der Waals surface area contributed by atoms with Crippen LogP contribution in [0.2, 0.25) is 0 Å². The fraction of sp³-hybridized carbons (Fsp3) is 0.429. The Morgan fingerprint density at radius 3 is 3.10 bits per heavy atom. The highest BCUT2D eigenvalue weighted by molar-refractivity contribution is 7.14. The minimum atomic E-state index is -0.542. The van der Waals surface area contributed by atoms with Gasteiger partial charge in [-0.1, -0.05) is 0 Å². The van der Waals surface area contributed by atoms with E-state index in [0.717, 1.165) is 16.3 Å². The Bertz CT molecular complexity index is 554. The molecule has 2 heterocycles. The number of hydrogen-bond donors (Lipinski definition) is 2. The lowest BCUT2D eigenvalue weighted by Gasteiger charge is -2.09. The molecule has 2 rings (SSSR count). The zero-order chi connectivity index (χ0) is 15.1. The minimum Gasteiger partial charge on any atom is -0.391 e. The molecular formula is C14H18N2O3S2. The molecule has 0 aromatic carbocycles. The number of carbonyl (C=O) groups is 1. The molecule has 0 bridgehead atoms. The smallest absolute Gasteiger partial charge is 0.226 e. The Labute approximate surface area is 131 Å². The number of methoxy groups -OCH3 is 1. The SMILES string of the molecule is COCC(O)CCNC(=O)Cc1csc(-c2ccsc2)n1. The van der Waals surface area contributed by atoms with Gasteiger partial charge in [-0.25, -0.2) is 4.98 Å². The lowest BCUT2D eigenvalue weighted by molar-refractivity contribution is -0.120. The van der Waals surface area contributed by atoms with E-state index in [4.69, 9.17) is 4.74 Å². The summed E-state index contributed by atoms with van der Waals surface area (Å²) in [6, 6.07) is 2.02. The summed E-state index contributed by atoms with van der Waals surface area (Å²) >= 11 is 3.17. The zero-order valence-electron chi connectivity index (χ0n) is 11.7. The maximum absolute atomic E-state index is 11.8. The van der Waals surface area contributed by atoms with Crippen LogP contribution in [0.5, 0.6) is 0 Å². The van der Waals surface area contributed by atoms with Crippen molar-refractivity contribution in [2.75, 3.05) is 20.3 Å². The normalized spacial score (nSPS) is 12.3. The van der Waals surface area contributed by atoms with Gasteiger partial charge in [0.1, 0.15) is 5.01 Å².